The molecule has 0 unspecified atom stereocenters. The zero-order valence-corrected chi connectivity index (χ0v) is 13.8. The normalized spacial score (nSPS) is 15.2. The molecule has 0 atom stereocenters. The summed E-state index contributed by atoms with van der Waals surface area (Å²) in [5, 5.41) is 0. The number of alkyl halides is 9. The number of fused-ring (bicyclic) bond motifs is 2. The zero-order chi connectivity index (χ0) is 22.0. The molecule has 3 rings (SSSR count). The van der Waals surface area contributed by atoms with Crippen molar-refractivity contribution >= 4 is 11.6 Å². The van der Waals surface area contributed by atoms with Gasteiger partial charge in [0, 0.05) is 27.8 Å². The summed E-state index contributed by atoms with van der Waals surface area (Å²) >= 11 is 0. The minimum atomic E-state index is -7.12. The van der Waals surface area contributed by atoms with Crippen molar-refractivity contribution in [3.63, 3.8) is 0 Å². The second-order valence-corrected chi connectivity index (χ2v) is 6.15. The highest BCUT2D eigenvalue weighted by atomic mass is 19.4. The van der Waals surface area contributed by atoms with Crippen molar-refractivity contribution in [1.82, 2.24) is 0 Å². The lowest BCUT2D eigenvalue weighted by atomic mass is 9.79. The molecule has 0 radical (unpaired) electrons. The van der Waals surface area contributed by atoms with Crippen LogP contribution < -0.4 is 0 Å². The Bertz CT molecular complexity index is 1020. The fourth-order valence-corrected chi connectivity index (χ4v) is 2.95. The maximum atomic E-state index is 14.4. The Morgan fingerprint density at radius 1 is 0.552 bits per heavy atom. The van der Waals surface area contributed by atoms with E-state index >= 15 is 0 Å². The van der Waals surface area contributed by atoms with Gasteiger partial charge in [-0.1, -0.05) is 42.5 Å². The van der Waals surface area contributed by atoms with Gasteiger partial charge < -0.3 is 0 Å². The highest BCUT2D eigenvalue weighted by Crippen LogP contribution is 2.57. The lowest BCUT2D eigenvalue weighted by Crippen LogP contribution is -2.59. The quantitative estimate of drug-likeness (QED) is 0.527. The van der Waals surface area contributed by atoms with Crippen LogP contribution in [0.25, 0.3) is 0 Å². The Morgan fingerprint density at radius 2 is 1.03 bits per heavy atom. The number of ketones is 2. The minimum Gasteiger partial charge on any atom is -0.289 e. The second-order valence-electron chi connectivity index (χ2n) is 6.15. The molecule has 0 aromatic heterocycles. The number of carbonyl (C=O) groups excluding carboxylic acids is 2. The van der Waals surface area contributed by atoms with E-state index in [1.807, 2.05) is 0 Å². The van der Waals surface area contributed by atoms with Gasteiger partial charge in [0.05, 0.1) is 0 Å². The van der Waals surface area contributed by atoms with Crippen LogP contribution in [0.5, 0.6) is 0 Å². The summed E-state index contributed by atoms with van der Waals surface area (Å²) in [5.74, 6) is -22.6. The van der Waals surface area contributed by atoms with Gasteiger partial charge in [0.25, 0.3) is 0 Å². The van der Waals surface area contributed by atoms with E-state index in [0.29, 0.717) is 6.07 Å². The van der Waals surface area contributed by atoms with Crippen LogP contribution in [-0.4, -0.2) is 29.6 Å². The van der Waals surface area contributed by atoms with E-state index in [9.17, 15) is 49.1 Å². The van der Waals surface area contributed by atoms with Gasteiger partial charge in [0.1, 0.15) is 0 Å². The van der Waals surface area contributed by atoms with Crippen LogP contribution in [0.3, 0.4) is 0 Å². The first kappa shape index (κ1) is 20.9. The third kappa shape index (κ3) is 2.66. The molecular formula is C18H7F9O2. The average Bonchev–Trinajstić information content (AvgIpc) is 2.64. The fraction of sp³-hybridized carbons (Fsp3) is 0.222. The van der Waals surface area contributed by atoms with Crippen molar-refractivity contribution in [2.75, 3.05) is 0 Å². The maximum Gasteiger partial charge on any atom is 0.460 e. The maximum absolute atomic E-state index is 14.4. The Labute approximate surface area is 155 Å². The molecule has 0 saturated carbocycles. The standard InChI is InChI=1S/C18H7F9O2/c19-15(20,16(21,22)17(23,24)18(25,26)27)11-7-3-6-10-12(11)14(29)9-5-2-1-4-8(9)13(10)28/h1-7H. The van der Waals surface area contributed by atoms with Crippen LogP contribution in [0.1, 0.15) is 37.4 Å². The van der Waals surface area contributed by atoms with Crippen LogP contribution in [0.2, 0.25) is 0 Å². The van der Waals surface area contributed by atoms with Gasteiger partial charge in [-0.15, -0.1) is 0 Å². The Hall–Kier alpha value is -2.85. The lowest BCUT2D eigenvalue weighted by molar-refractivity contribution is -0.399. The van der Waals surface area contributed by atoms with E-state index in [4.69, 9.17) is 0 Å². The van der Waals surface area contributed by atoms with Gasteiger partial charge in [0.15, 0.2) is 11.6 Å². The summed E-state index contributed by atoms with van der Waals surface area (Å²) < 4.78 is 120. The molecule has 154 valence electrons. The molecule has 2 nitrogen and oxygen atoms in total. The fourth-order valence-electron chi connectivity index (χ4n) is 2.95. The first-order valence-corrected chi connectivity index (χ1v) is 7.68. The van der Waals surface area contributed by atoms with Crippen molar-refractivity contribution in [2.24, 2.45) is 0 Å². The molecule has 0 amide bonds. The van der Waals surface area contributed by atoms with Crippen LogP contribution in [-0.2, 0) is 5.92 Å². The zero-order valence-electron chi connectivity index (χ0n) is 13.8. The molecule has 1 aliphatic rings. The smallest absolute Gasteiger partial charge is 0.289 e. The number of hydrogen-bond donors (Lipinski definition) is 0. The molecule has 0 heterocycles. The summed E-state index contributed by atoms with van der Waals surface area (Å²) in [6.07, 6.45) is -7.00. The van der Waals surface area contributed by atoms with Crippen LogP contribution >= 0.6 is 0 Å². The van der Waals surface area contributed by atoms with Gasteiger partial charge >= 0.3 is 23.9 Å². The first-order chi connectivity index (χ1) is 13.2. The monoisotopic (exact) mass is 426 g/mol. The van der Waals surface area contributed by atoms with Crippen molar-refractivity contribution in [2.45, 2.75) is 23.9 Å². The summed E-state index contributed by atoms with van der Waals surface area (Å²) in [6, 6.07) is 6.21. The predicted octanol–water partition coefficient (Wildman–Crippen LogP) is 5.39. The molecule has 2 aromatic carbocycles. The predicted molar refractivity (Wildman–Crippen MR) is 79.6 cm³/mol. The van der Waals surface area contributed by atoms with Gasteiger partial charge in [0.2, 0.25) is 0 Å². The molecular weight excluding hydrogens is 419 g/mol. The molecule has 0 spiro atoms. The van der Waals surface area contributed by atoms with E-state index in [0.717, 1.165) is 18.2 Å². The number of hydrogen-bond acceptors (Lipinski definition) is 2. The molecule has 0 saturated heterocycles. The van der Waals surface area contributed by atoms with Gasteiger partial charge in [-0.25, -0.2) is 0 Å². The Balaban J connectivity index is 2.27. The van der Waals surface area contributed by atoms with Crippen molar-refractivity contribution in [1.29, 1.82) is 0 Å². The molecule has 2 aromatic rings. The molecule has 1 aliphatic carbocycles. The molecule has 0 bridgehead atoms. The first-order valence-electron chi connectivity index (χ1n) is 7.68. The van der Waals surface area contributed by atoms with Crippen molar-refractivity contribution in [3.8, 4) is 0 Å². The molecule has 0 fully saturated rings. The van der Waals surface area contributed by atoms with Gasteiger partial charge in [-0.2, -0.15) is 39.5 Å². The topological polar surface area (TPSA) is 34.1 Å². The SMILES string of the molecule is O=C1c2ccccc2C(=O)c2c1cccc2C(F)(F)C(F)(F)C(F)(F)C(F)(F)F. The Kier molecular flexibility index (Phi) is 4.37. The summed E-state index contributed by atoms with van der Waals surface area (Å²) in [4.78, 5) is 25.0. The minimum absolute atomic E-state index is 0.109. The molecule has 11 heteroatoms. The van der Waals surface area contributed by atoms with Gasteiger partial charge in [-0.05, 0) is 0 Å². The third-order valence-corrected chi connectivity index (χ3v) is 4.44. The number of rotatable bonds is 3. The summed E-state index contributed by atoms with van der Waals surface area (Å²) in [7, 11) is 0. The van der Waals surface area contributed by atoms with Crippen molar-refractivity contribution in [3.05, 3.63) is 70.3 Å². The second kappa shape index (κ2) is 6.07. The summed E-state index contributed by atoms with van der Waals surface area (Å²) in [5.41, 5.74) is -4.98. The Morgan fingerprint density at radius 3 is 1.55 bits per heavy atom. The van der Waals surface area contributed by atoms with Gasteiger partial charge in [-0.3, -0.25) is 9.59 Å². The number of halogens is 9. The molecule has 0 N–H and O–H groups in total. The largest absolute Gasteiger partial charge is 0.460 e. The van der Waals surface area contributed by atoms with E-state index in [1.165, 1.54) is 12.1 Å². The highest BCUT2D eigenvalue weighted by molar-refractivity contribution is 6.28. The van der Waals surface area contributed by atoms with E-state index in [2.05, 4.69) is 0 Å². The van der Waals surface area contributed by atoms with E-state index in [1.54, 1.807) is 0 Å². The lowest BCUT2D eigenvalue weighted by Gasteiger charge is -2.35. The van der Waals surface area contributed by atoms with Crippen LogP contribution in [0.4, 0.5) is 39.5 Å². The van der Waals surface area contributed by atoms with Crippen molar-refractivity contribution < 1.29 is 49.1 Å². The number of carbonyl (C=O) groups is 2. The highest BCUT2D eigenvalue weighted by Gasteiger charge is 2.82. The van der Waals surface area contributed by atoms with Crippen LogP contribution in [0.15, 0.2) is 42.5 Å². The average molecular weight is 426 g/mol. The summed E-state index contributed by atoms with van der Waals surface area (Å²) in [6.45, 7) is 0. The number of benzene rings is 2. The van der Waals surface area contributed by atoms with E-state index in [-0.39, 0.29) is 11.6 Å². The van der Waals surface area contributed by atoms with E-state index < -0.39 is 57.8 Å². The molecule has 0 aliphatic heterocycles. The van der Waals surface area contributed by atoms with Crippen LogP contribution in [0, 0.1) is 0 Å². The molecule has 29 heavy (non-hydrogen) atoms. The third-order valence-electron chi connectivity index (χ3n) is 4.44.